The summed E-state index contributed by atoms with van der Waals surface area (Å²) in [5.41, 5.74) is 0.408. The summed E-state index contributed by atoms with van der Waals surface area (Å²) in [6.07, 6.45) is 0.132. The van der Waals surface area contributed by atoms with Gasteiger partial charge < -0.3 is 14.6 Å². The average molecular weight is 266 g/mol. The van der Waals surface area contributed by atoms with Gasteiger partial charge >= 0.3 is 5.97 Å². The molecule has 1 rings (SSSR count). The van der Waals surface area contributed by atoms with Gasteiger partial charge in [-0.25, -0.2) is 0 Å². The third-order valence-electron chi connectivity index (χ3n) is 2.44. The van der Waals surface area contributed by atoms with Gasteiger partial charge in [-0.05, 0) is 32.0 Å². The third kappa shape index (κ3) is 4.62. The molecule has 1 N–H and O–H groups in total. The van der Waals surface area contributed by atoms with Gasteiger partial charge in [0.1, 0.15) is 0 Å². The van der Waals surface area contributed by atoms with Crippen molar-refractivity contribution in [3.8, 4) is 11.5 Å². The lowest BCUT2D eigenvalue weighted by atomic mass is 10.1. The molecule has 0 bridgehead atoms. The fourth-order valence-electron chi connectivity index (χ4n) is 1.55. The second-order valence-electron chi connectivity index (χ2n) is 3.84. The molecule has 104 valence electrons. The molecule has 0 aliphatic rings. The number of benzene rings is 1. The van der Waals surface area contributed by atoms with E-state index in [-0.39, 0.29) is 36.1 Å². The van der Waals surface area contributed by atoms with Crippen LogP contribution in [0, 0.1) is 0 Å². The van der Waals surface area contributed by atoms with E-state index in [0.717, 1.165) is 0 Å². The van der Waals surface area contributed by atoms with Gasteiger partial charge in [-0.3, -0.25) is 9.59 Å². The zero-order valence-electron chi connectivity index (χ0n) is 11.1. The summed E-state index contributed by atoms with van der Waals surface area (Å²) in [6, 6.07) is 4.39. The topological polar surface area (TPSA) is 72.8 Å². The van der Waals surface area contributed by atoms with Crippen molar-refractivity contribution in [1.29, 1.82) is 0 Å². The number of carbonyl (C=O) groups excluding carboxylic acids is 2. The number of hydrogen-bond acceptors (Lipinski definition) is 5. The van der Waals surface area contributed by atoms with Crippen molar-refractivity contribution in [3.63, 3.8) is 0 Å². The van der Waals surface area contributed by atoms with Crippen molar-refractivity contribution in [1.82, 2.24) is 0 Å². The van der Waals surface area contributed by atoms with Crippen LogP contribution in [0.4, 0.5) is 0 Å². The lowest BCUT2D eigenvalue weighted by molar-refractivity contribution is -0.143. The first-order valence-corrected chi connectivity index (χ1v) is 6.23. The van der Waals surface area contributed by atoms with Crippen molar-refractivity contribution in [2.75, 3.05) is 13.2 Å². The number of esters is 1. The van der Waals surface area contributed by atoms with E-state index in [9.17, 15) is 14.7 Å². The van der Waals surface area contributed by atoms with E-state index in [1.54, 1.807) is 13.8 Å². The highest BCUT2D eigenvalue weighted by molar-refractivity contribution is 5.98. The molecule has 0 amide bonds. The van der Waals surface area contributed by atoms with E-state index in [2.05, 4.69) is 0 Å². The molecule has 0 atom stereocenters. The second-order valence-corrected chi connectivity index (χ2v) is 3.84. The molecular weight excluding hydrogens is 248 g/mol. The summed E-state index contributed by atoms with van der Waals surface area (Å²) in [4.78, 5) is 23.0. The monoisotopic (exact) mass is 266 g/mol. The molecule has 0 aliphatic carbocycles. The SMILES string of the molecule is CCOC(=O)CCC(=O)c1ccc(O)c(OCC)c1. The van der Waals surface area contributed by atoms with Crippen LogP contribution >= 0.6 is 0 Å². The average Bonchev–Trinajstić information content (AvgIpc) is 2.39. The fraction of sp³-hybridized carbons (Fsp3) is 0.429. The molecule has 19 heavy (non-hydrogen) atoms. The number of ketones is 1. The minimum absolute atomic E-state index is 0.0104. The fourth-order valence-corrected chi connectivity index (χ4v) is 1.55. The van der Waals surface area contributed by atoms with Crippen LogP contribution in [-0.2, 0) is 9.53 Å². The van der Waals surface area contributed by atoms with Crippen molar-refractivity contribution < 1.29 is 24.2 Å². The van der Waals surface area contributed by atoms with Crippen LogP contribution in [0.3, 0.4) is 0 Å². The first kappa shape index (κ1) is 15.0. The smallest absolute Gasteiger partial charge is 0.306 e. The van der Waals surface area contributed by atoms with Crippen LogP contribution in [0.25, 0.3) is 0 Å². The number of ether oxygens (including phenoxy) is 2. The molecule has 5 heteroatoms. The molecule has 1 aromatic carbocycles. The Balaban J connectivity index is 2.66. The number of phenolic OH excluding ortho intramolecular Hbond substituents is 1. The third-order valence-corrected chi connectivity index (χ3v) is 2.44. The summed E-state index contributed by atoms with van der Waals surface area (Å²) < 4.78 is 9.95. The lowest BCUT2D eigenvalue weighted by Gasteiger charge is -2.07. The summed E-state index contributed by atoms with van der Waals surface area (Å²) in [7, 11) is 0. The molecule has 0 unspecified atom stereocenters. The summed E-state index contributed by atoms with van der Waals surface area (Å²) in [5, 5.41) is 9.53. The summed E-state index contributed by atoms with van der Waals surface area (Å²) in [6.45, 7) is 4.21. The van der Waals surface area contributed by atoms with Crippen molar-refractivity contribution in [2.45, 2.75) is 26.7 Å². The van der Waals surface area contributed by atoms with Gasteiger partial charge in [0.05, 0.1) is 19.6 Å². The van der Waals surface area contributed by atoms with E-state index >= 15 is 0 Å². The Morgan fingerprint density at radius 3 is 2.53 bits per heavy atom. The number of aromatic hydroxyl groups is 1. The first-order chi connectivity index (χ1) is 9.08. The van der Waals surface area contributed by atoms with Crippen molar-refractivity contribution >= 4 is 11.8 Å². The van der Waals surface area contributed by atoms with Crippen LogP contribution in [0.5, 0.6) is 11.5 Å². The van der Waals surface area contributed by atoms with E-state index < -0.39 is 0 Å². The molecule has 0 heterocycles. The van der Waals surface area contributed by atoms with E-state index in [1.165, 1.54) is 18.2 Å². The number of Topliss-reactive ketones (excluding diaryl/α,β-unsaturated/α-hetero) is 1. The Hall–Kier alpha value is -2.04. The molecule has 0 saturated carbocycles. The number of rotatable bonds is 7. The van der Waals surface area contributed by atoms with Gasteiger partial charge in [0.15, 0.2) is 17.3 Å². The largest absolute Gasteiger partial charge is 0.504 e. The highest BCUT2D eigenvalue weighted by atomic mass is 16.5. The van der Waals surface area contributed by atoms with Gasteiger partial charge in [0, 0.05) is 12.0 Å². The molecular formula is C14H18O5. The minimum Gasteiger partial charge on any atom is -0.504 e. The van der Waals surface area contributed by atoms with Crippen LogP contribution in [0.1, 0.15) is 37.0 Å². The highest BCUT2D eigenvalue weighted by Crippen LogP contribution is 2.27. The highest BCUT2D eigenvalue weighted by Gasteiger charge is 2.12. The zero-order chi connectivity index (χ0) is 14.3. The molecule has 0 saturated heterocycles. The summed E-state index contributed by atoms with van der Waals surface area (Å²) in [5.74, 6) is -0.318. The first-order valence-electron chi connectivity index (χ1n) is 6.23. The molecule has 1 aromatic rings. The van der Waals surface area contributed by atoms with Crippen molar-refractivity contribution in [2.24, 2.45) is 0 Å². The Kier molecular flexibility index (Phi) is 5.85. The zero-order valence-corrected chi connectivity index (χ0v) is 11.1. The van der Waals surface area contributed by atoms with E-state index in [1.807, 2.05) is 0 Å². The maximum absolute atomic E-state index is 11.9. The Labute approximate surface area is 112 Å². The van der Waals surface area contributed by atoms with Gasteiger partial charge in [-0.2, -0.15) is 0 Å². The maximum atomic E-state index is 11.9. The Bertz CT molecular complexity index is 453. The van der Waals surface area contributed by atoms with Gasteiger partial charge in [0.2, 0.25) is 0 Å². The van der Waals surface area contributed by atoms with Crippen LogP contribution in [0.15, 0.2) is 18.2 Å². The Morgan fingerprint density at radius 2 is 1.89 bits per heavy atom. The van der Waals surface area contributed by atoms with Crippen LogP contribution in [-0.4, -0.2) is 30.1 Å². The molecule has 5 nitrogen and oxygen atoms in total. The molecule has 0 aromatic heterocycles. The predicted octanol–water partition coefficient (Wildman–Crippen LogP) is 2.32. The normalized spacial score (nSPS) is 10.0. The predicted molar refractivity (Wildman–Crippen MR) is 69.5 cm³/mol. The number of phenols is 1. The van der Waals surface area contributed by atoms with E-state index in [4.69, 9.17) is 9.47 Å². The second kappa shape index (κ2) is 7.41. The number of hydrogen-bond donors (Lipinski definition) is 1. The van der Waals surface area contributed by atoms with Gasteiger partial charge in [-0.15, -0.1) is 0 Å². The molecule has 0 spiro atoms. The lowest BCUT2D eigenvalue weighted by Crippen LogP contribution is -2.08. The molecule has 0 radical (unpaired) electrons. The quantitative estimate of drug-likeness (QED) is 0.605. The van der Waals surface area contributed by atoms with Crippen molar-refractivity contribution in [3.05, 3.63) is 23.8 Å². The van der Waals surface area contributed by atoms with Crippen LogP contribution in [0.2, 0.25) is 0 Å². The molecule has 0 aliphatic heterocycles. The minimum atomic E-state index is -0.389. The summed E-state index contributed by atoms with van der Waals surface area (Å²) >= 11 is 0. The van der Waals surface area contributed by atoms with E-state index in [0.29, 0.717) is 18.8 Å². The maximum Gasteiger partial charge on any atom is 0.306 e. The molecule has 0 fully saturated rings. The Morgan fingerprint density at radius 1 is 1.16 bits per heavy atom. The van der Waals surface area contributed by atoms with Gasteiger partial charge in [-0.1, -0.05) is 0 Å². The van der Waals surface area contributed by atoms with Crippen LogP contribution < -0.4 is 4.74 Å². The number of carbonyl (C=O) groups is 2. The standard InChI is InChI=1S/C14H18O5/c1-3-18-13-9-10(5-6-12(13)16)11(15)7-8-14(17)19-4-2/h5-6,9,16H,3-4,7-8H2,1-2H3. The van der Waals surface area contributed by atoms with Gasteiger partial charge in [0.25, 0.3) is 0 Å².